The molecule has 0 saturated heterocycles. The van der Waals surface area contributed by atoms with E-state index in [1.165, 1.54) is 5.56 Å². The van der Waals surface area contributed by atoms with Crippen molar-refractivity contribution < 1.29 is 4.79 Å². The maximum Gasteiger partial charge on any atom is 0.255 e. The highest BCUT2D eigenvalue weighted by atomic mass is 79.9. The summed E-state index contributed by atoms with van der Waals surface area (Å²) in [5, 5.41) is 2.91. The predicted octanol–water partition coefficient (Wildman–Crippen LogP) is 4.57. The van der Waals surface area contributed by atoms with Gasteiger partial charge in [-0.3, -0.25) is 4.79 Å². The Morgan fingerprint density at radius 3 is 2.42 bits per heavy atom. The topological polar surface area (TPSA) is 29.1 Å². The first-order chi connectivity index (χ1) is 9.10. The fourth-order valence-corrected chi connectivity index (χ4v) is 2.40. The third kappa shape index (κ3) is 3.44. The maximum atomic E-state index is 12.1. The molecule has 0 fully saturated rings. The van der Waals surface area contributed by atoms with Crippen LogP contribution in [0.4, 0.5) is 5.69 Å². The van der Waals surface area contributed by atoms with E-state index < -0.39 is 0 Å². The standard InChI is InChI=1S/C16H16BrNO/c1-3-12-5-7-13(8-6-12)16(19)18-15-9-4-11(2)10-14(15)17/h4-10H,3H2,1-2H3,(H,18,19). The van der Waals surface area contributed by atoms with Crippen LogP contribution in [0.2, 0.25) is 0 Å². The van der Waals surface area contributed by atoms with Gasteiger partial charge in [0.1, 0.15) is 0 Å². The first-order valence-electron chi connectivity index (χ1n) is 6.26. The molecule has 3 heteroatoms. The van der Waals surface area contributed by atoms with Crippen LogP contribution in [-0.4, -0.2) is 5.91 Å². The van der Waals surface area contributed by atoms with Crippen LogP contribution in [-0.2, 0) is 6.42 Å². The normalized spacial score (nSPS) is 10.3. The van der Waals surface area contributed by atoms with Crippen molar-refractivity contribution in [3.8, 4) is 0 Å². The summed E-state index contributed by atoms with van der Waals surface area (Å²) in [6, 6.07) is 13.5. The highest BCUT2D eigenvalue weighted by Crippen LogP contribution is 2.23. The number of benzene rings is 2. The van der Waals surface area contributed by atoms with E-state index in [-0.39, 0.29) is 5.91 Å². The molecule has 0 spiro atoms. The van der Waals surface area contributed by atoms with E-state index in [1.54, 1.807) is 0 Å². The Kier molecular flexibility index (Phi) is 4.38. The van der Waals surface area contributed by atoms with E-state index in [1.807, 2.05) is 49.4 Å². The molecule has 2 aromatic carbocycles. The maximum absolute atomic E-state index is 12.1. The minimum atomic E-state index is -0.0905. The number of hydrogen-bond acceptors (Lipinski definition) is 1. The predicted molar refractivity (Wildman–Crippen MR) is 82.7 cm³/mol. The molecule has 0 bridgehead atoms. The van der Waals surface area contributed by atoms with Gasteiger partial charge in [-0.05, 0) is 64.7 Å². The number of anilines is 1. The fourth-order valence-electron chi connectivity index (χ4n) is 1.81. The zero-order valence-corrected chi connectivity index (χ0v) is 12.6. The molecule has 1 amide bonds. The first kappa shape index (κ1) is 13.8. The van der Waals surface area contributed by atoms with Gasteiger partial charge in [-0.1, -0.05) is 25.1 Å². The van der Waals surface area contributed by atoms with Crippen molar-refractivity contribution in [2.24, 2.45) is 0 Å². The Morgan fingerprint density at radius 1 is 1.16 bits per heavy atom. The lowest BCUT2D eigenvalue weighted by Crippen LogP contribution is -2.12. The Morgan fingerprint density at radius 2 is 1.84 bits per heavy atom. The highest BCUT2D eigenvalue weighted by molar-refractivity contribution is 9.10. The quantitative estimate of drug-likeness (QED) is 0.882. The van der Waals surface area contributed by atoms with E-state index in [0.29, 0.717) is 5.56 Å². The number of amides is 1. The molecule has 98 valence electrons. The van der Waals surface area contributed by atoms with Crippen LogP contribution >= 0.6 is 15.9 Å². The third-order valence-corrected chi connectivity index (χ3v) is 3.65. The van der Waals surface area contributed by atoms with Crippen molar-refractivity contribution in [1.29, 1.82) is 0 Å². The lowest BCUT2D eigenvalue weighted by Gasteiger charge is -2.08. The van der Waals surface area contributed by atoms with Crippen LogP contribution in [0.15, 0.2) is 46.9 Å². The number of carbonyl (C=O) groups is 1. The molecule has 19 heavy (non-hydrogen) atoms. The van der Waals surface area contributed by atoms with Crippen LogP contribution in [0.3, 0.4) is 0 Å². The summed E-state index contributed by atoms with van der Waals surface area (Å²) in [6.45, 7) is 4.11. The largest absolute Gasteiger partial charge is 0.321 e. The average molecular weight is 318 g/mol. The zero-order valence-electron chi connectivity index (χ0n) is 11.0. The van der Waals surface area contributed by atoms with Crippen LogP contribution in [0.25, 0.3) is 0 Å². The Balaban J connectivity index is 2.15. The second-order valence-electron chi connectivity index (χ2n) is 4.49. The summed E-state index contributed by atoms with van der Waals surface area (Å²) < 4.78 is 0.894. The van der Waals surface area contributed by atoms with Gasteiger partial charge in [-0.15, -0.1) is 0 Å². The number of rotatable bonds is 3. The van der Waals surface area contributed by atoms with E-state index in [0.717, 1.165) is 22.1 Å². The number of carbonyl (C=O) groups excluding carboxylic acids is 1. The summed E-state index contributed by atoms with van der Waals surface area (Å²) in [5.74, 6) is -0.0905. The monoisotopic (exact) mass is 317 g/mol. The van der Waals surface area contributed by atoms with Crippen molar-refractivity contribution in [3.63, 3.8) is 0 Å². The Labute approximate surface area is 122 Å². The molecule has 0 saturated carbocycles. The van der Waals surface area contributed by atoms with Crippen LogP contribution < -0.4 is 5.32 Å². The van der Waals surface area contributed by atoms with Crippen LogP contribution in [0.5, 0.6) is 0 Å². The second kappa shape index (κ2) is 6.02. The molecule has 1 N–H and O–H groups in total. The summed E-state index contributed by atoms with van der Waals surface area (Å²) in [7, 11) is 0. The van der Waals surface area contributed by atoms with Gasteiger partial charge in [-0.2, -0.15) is 0 Å². The molecule has 0 heterocycles. The summed E-state index contributed by atoms with van der Waals surface area (Å²) in [6.07, 6.45) is 0.978. The molecule has 2 rings (SSSR count). The van der Waals surface area contributed by atoms with Gasteiger partial charge in [-0.25, -0.2) is 0 Å². The third-order valence-electron chi connectivity index (χ3n) is 3.00. The van der Waals surface area contributed by atoms with Gasteiger partial charge in [0.05, 0.1) is 5.69 Å². The van der Waals surface area contributed by atoms with Crippen LogP contribution in [0, 0.1) is 6.92 Å². The van der Waals surface area contributed by atoms with Gasteiger partial charge in [0.2, 0.25) is 0 Å². The van der Waals surface area contributed by atoms with E-state index in [4.69, 9.17) is 0 Å². The average Bonchev–Trinajstić information content (AvgIpc) is 2.42. The van der Waals surface area contributed by atoms with Gasteiger partial charge in [0, 0.05) is 10.0 Å². The van der Waals surface area contributed by atoms with E-state index >= 15 is 0 Å². The minimum Gasteiger partial charge on any atom is -0.321 e. The number of aryl methyl sites for hydroxylation is 2. The molecular weight excluding hydrogens is 302 g/mol. The molecule has 2 nitrogen and oxygen atoms in total. The van der Waals surface area contributed by atoms with Gasteiger partial charge < -0.3 is 5.32 Å². The van der Waals surface area contributed by atoms with Crippen LogP contribution in [0.1, 0.15) is 28.4 Å². The lowest BCUT2D eigenvalue weighted by atomic mass is 10.1. The zero-order chi connectivity index (χ0) is 13.8. The molecular formula is C16H16BrNO. The molecule has 2 aromatic rings. The summed E-state index contributed by atoms with van der Waals surface area (Å²) >= 11 is 3.46. The van der Waals surface area contributed by atoms with Crippen molar-refractivity contribution in [2.75, 3.05) is 5.32 Å². The summed E-state index contributed by atoms with van der Waals surface area (Å²) in [5.41, 5.74) is 3.84. The first-order valence-corrected chi connectivity index (χ1v) is 7.06. The second-order valence-corrected chi connectivity index (χ2v) is 5.34. The van der Waals surface area contributed by atoms with E-state index in [2.05, 4.69) is 28.2 Å². The fraction of sp³-hybridized carbons (Fsp3) is 0.188. The van der Waals surface area contributed by atoms with Gasteiger partial charge in [0.15, 0.2) is 0 Å². The molecule has 0 aliphatic rings. The van der Waals surface area contributed by atoms with Crippen molar-refractivity contribution >= 4 is 27.5 Å². The molecule has 0 aliphatic heterocycles. The van der Waals surface area contributed by atoms with Gasteiger partial charge in [0.25, 0.3) is 5.91 Å². The smallest absolute Gasteiger partial charge is 0.255 e. The number of hydrogen-bond donors (Lipinski definition) is 1. The lowest BCUT2D eigenvalue weighted by molar-refractivity contribution is 0.102. The molecule has 0 radical (unpaired) electrons. The van der Waals surface area contributed by atoms with E-state index in [9.17, 15) is 4.79 Å². The Bertz CT molecular complexity index is 590. The molecule has 0 atom stereocenters. The van der Waals surface area contributed by atoms with Crippen molar-refractivity contribution in [3.05, 3.63) is 63.6 Å². The summed E-state index contributed by atoms with van der Waals surface area (Å²) in [4.78, 5) is 12.1. The number of nitrogens with one attached hydrogen (secondary N) is 1. The van der Waals surface area contributed by atoms with Crippen molar-refractivity contribution in [1.82, 2.24) is 0 Å². The SMILES string of the molecule is CCc1ccc(C(=O)Nc2ccc(C)cc2Br)cc1. The Hall–Kier alpha value is -1.61. The van der Waals surface area contributed by atoms with Crippen molar-refractivity contribution in [2.45, 2.75) is 20.3 Å². The minimum absolute atomic E-state index is 0.0905. The molecule has 0 aliphatic carbocycles. The molecule has 0 unspecified atom stereocenters. The number of halogens is 1. The highest BCUT2D eigenvalue weighted by Gasteiger charge is 2.08. The van der Waals surface area contributed by atoms with Gasteiger partial charge >= 0.3 is 0 Å². The molecule has 0 aromatic heterocycles.